The SMILES string of the molecule is CCc1nc(C2C3CCC2C(=O)C3)n2nc(-c3ccccc3)[nH]c(=O)c12. The number of aromatic nitrogens is 4. The highest BCUT2D eigenvalue weighted by Crippen LogP contribution is 2.52. The van der Waals surface area contributed by atoms with Crippen LogP contribution in [-0.2, 0) is 11.2 Å². The maximum absolute atomic E-state index is 12.8. The first-order valence-electron chi connectivity index (χ1n) is 9.27. The molecule has 132 valence electrons. The van der Waals surface area contributed by atoms with Crippen molar-refractivity contribution in [3.63, 3.8) is 0 Å². The van der Waals surface area contributed by atoms with E-state index in [1.807, 2.05) is 37.3 Å². The maximum Gasteiger partial charge on any atom is 0.277 e. The van der Waals surface area contributed by atoms with Crippen molar-refractivity contribution in [3.8, 4) is 11.4 Å². The van der Waals surface area contributed by atoms with Gasteiger partial charge in [0, 0.05) is 23.8 Å². The number of carbonyl (C=O) groups is 1. The molecule has 0 spiro atoms. The van der Waals surface area contributed by atoms with E-state index in [0.717, 1.165) is 29.9 Å². The topological polar surface area (TPSA) is 80.1 Å². The highest BCUT2D eigenvalue weighted by Gasteiger charge is 2.50. The molecule has 6 nitrogen and oxygen atoms in total. The Kier molecular flexibility index (Phi) is 3.35. The Morgan fingerprint density at radius 1 is 1.19 bits per heavy atom. The summed E-state index contributed by atoms with van der Waals surface area (Å²) in [5.41, 5.74) is 1.95. The summed E-state index contributed by atoms with van der Waals surface area (Å²) in [5.74, 6) is 2.13. The van der Waals surface area contributed by atoms with Crippen molar-refractivity contribution in [1.82, 2.24) is 19.6 Å². The summed E-state index contributed by atoms with van der Waals surface area (Å²) in [4.78, 5) is 32.7. The van der Waals surface area contributed by atoms with E-state index < -0.39 is 0 Å². The Labute approximate surface area is 150 Å². The molecule has 2 bridgehead atoms. The molecule has 6 heteroatoms. The molecule has 2 heterocycles. The molecule has 3 unspecified atom stereocenters. The Morgan fingerprint density at radius 2 is 2.00 bits per heavy atom. The van der Waals surface area contributed by atoms with E-state index in [4.69, 9.17) is 10.1 Å². The quantitative estimate of drug-likeness (QED) is 0.789. The third-order valence-corrected chi connectivity index (χ3v) is 5.95. The van der Waals surface area contributed by atoms with Crippen LogP contribution in [0.1, 0.15) is 43.6 Å². The number of carbonyl (C=O) groups excluding carboxylic acids is 1. The van der Waals surface area contributed by atoms with Gasteiger partial charge in [0.05, 0.1) is 5.69 Å². The number of benzene rings is 1. The number of rotatable bonds is 3. The largest absolute Gasteiger partial charge is 0.303 e. The summed E-state index contributed by atoms with van der Waals surface area (Å²) < 4.78 is 1.72. The van der Waals surface area contributed by atoms with Crippen LogP contribution in [0.5, 0.6) is 0 Å². The average molecular weight is 348 g/mol. The van der Waals surface area contributed by atoms with Gasteiger partial charge in [-0.2, -0.15) is 0 Å². The van der Waals surface area contributed by atoms with E-state index in [2.05, 4.69) is 4.98 Å². The molecule has 26 heavy (non-hydrogen) atoms. The number of hydrogen-bond donors (Lipinski definition) is 1. The fourth-order valence-corrected chi connectivity index (χ4v) is 4.76. The molecule has 2 aromatic heterocycles. The lowest BCUT2D eigenvalue weighted by atomic mass is 9.97. The van der Waals surface area contributed by atoms with Gasteiger partial charge in [0.1, 0.15) is 11.6 Å². The highest BCUT2D eigenvalue weighted by atomic mass is 16.1. The van der Waals surface area contributed by atoms with Gasteiger partial charge in [-0.1, -0.05) is 37.3 Å². The zero-order valence-corrected chi connectivity index (χ0v) is 14.6. The third kappa shape index (κ3) is 2.11. The highest BCUT2D eigenvalue weighted by molar-refractivity contribution is 5.86. The summed E-state index contributed by atoms with van der Waals surface area (Å²) in [7, 11) is 0. The van der Waals surface area contributed by atoms with Crippen LogP contribution in [-0.4, -0.2) is 25.4 Å². The van der Waals surface area contributed by atoms with Crippen molar-refractivity contribution < 1.29 is 4.79 Å². The molecule has 0 saturated heterocycles. The number of aromatic amines is 1. The van der Waals surface area contributed by atoms with E-state index in [0.29, 0.717) is 35.9 Å². The van der Waals surface area contributed by atoms with Gasteiger partial charge in [0.15, 0.2) is 11.3 Å². The van der Waals surface area contributed by atoms with Crippen LogP contribution in [0.2, 0.25) is 0 Å². The van der Waals surface area contributed by atoms with Crippen molar-refractivity contribution in [2.45, 2.75) is 38.5 Å². The van der Waals surface area contributed by atoms with Gasteiger partial charge in [0.25, 0.3) is 5.56 Å². The van der Waals surface area contributed by atoms with Crippen molar-refractivity contribution in [3.05, 3.63) is 52.2 Å². The molecule has 0 amide bonds. The molecule has 1 aromatic carbocycles. The number of hydrogen-bond acceptors (Lipinski definition) is 4. The van der Waals surface area contributed by atoms with Crippen LogP contribution >= 0.6 is 0 Å². The van der Waals surface area contributed by atoms with E-state index in [1.165, 1.54) is 0 Å². The van der Waals surface area contributed by atoms with Crippen LogP contribution in [0.15, 0.2) is 35.1 Å². The molecule has 2 fully saturated rings. The minimum atomic E-state index is -0.175. The molecule has 0 aliphatic heterocycles. The number of Topliss-reactive ketones (excluding diaryl/α,β-unsaturated/α-hetero) is 1. The van der Waals surface area contributed by atoms with Gasteiger partial charge in [-0.25, -0.2) is 9.50 Å². The zero-order valence-electron chi connectivity index (χ0n) is 14.6. The monoisotopic (exact) mass is 348 g/mol. The molecular formula is C20H20N4O2. The minimum Gasteiger partial charge on any atom is -0.303 e. The Hall–Kier alpha value is -2.76. The number of aryl methyl sites for hydroxylation is 1. The lowest BCUT2D eigenvalue weighted by Crippen LogP contribution is -2.18. The standard InChI is InChI=1S/C20H20N4O2/c1-2-14-17-20(26)22-18(11-6-4-3-5-7-11)23-24(17)19(21-14)16-12-8-9-13(16)15(25)10-12/h3-7,12-13,16H,2,8-10H2,1H3,(H,22,23,26). The average Bonchev–Trinajstić information content (AvgIpc) is 3.31. The predicted molar refractivity (Wildman–Crippen MR) is 97.0 cm³/mol. The van der Waals surface area contributed by atoms with Gasteiger partial charge >= 0.3 is 0 Å². The minimum absolute atomic E-state index is 0.0385. The van der Waals surface area contributed by atoms with Crippen LogP contribution in [0, 0.1) is 11.8 Å². The molecule has 5 rings (SSSR count). The van der Waals surface area contributed by atoms with Crippen LogP contribution in [0.3, 0.4) is 0 Å². The smallest absolute Gasteiger partial charge is 0.277 e. The normalized spacial score (nSPS) is 24.7. The number of imidazole rings is 1. The fourth-order valence-electron chi connectivity index (χ4n) is 4.76. The summed E-state index contributed by atoms with van der Waals surface area (Å²) in [6, 6.07) is 9.61. The van der Waals surface area contributed by atoms with Crippen LogP contribution < -0.4 is 5.56 Å². The fraction of sp³-hybridized carbons (Fsp3) is 0.400. The first kappa shape index (κ1) is 15.5. The molecular weight excluding hydrogens is 328 g/mol. The summed E-state index contributed by atoms with van der Waals surface area (Å²) in [6.45, 7) is 1.99. The summed E-state index contributed by atoms with van der Waals surface area (Å²) in [5, 5.41) is 4.73. The Bertz CT molecular complexity index is 1070. The first-order chi connectivity index (χ1) is 12.7. The number of nitrogens with one attached hydrogen (secondary N) is 1. The lowest BCUT2D eigenvalue weighted by molar-refractivity contribution is -0.121. The third-order valence-electron chi connectivity index (χ3n) is 5.95. The molecule has 1 N–H and O–H groups in total. The maximum atomic E-state index is 12.8. The Balaban J connectivity index is 1.75. The Morgan fingerprint density at radius 3 is 2.65 bits per heavy atom. The molecule has 2 aliphatic carbocycles. The second kappa shape index (κ2) is 5.62. The van der Waals surface area contributed by atoms with Gasteiger partial charge in [-0.05, 0) is 25.2 Å². The summed E-state index contributed by atoms with van der Waals surface area (Å²) in [6.07, 6.45) is 3.29. The van der Waals surface area contributed by atoms with E-state index in [-0.39, 0.29) is 17.4 Å². The van der Waals surface area contributed by atoms with Crippen LogP contribution in [0.25, 0.3) is 16.9 Å². The molecule has 0 radical (unpaired) electrons. The first-order valence-corrected chi connectivity index (χ1v) is 9.27. The van der Waals surface area contributed by atoms with Gasteiger partial charge in [-0.3, -0.25) is 9.59 Å². The number of nitrogens with zero attached hydrogens (tertiary/aromatic N) is 3. The van der Waals surface area contributed by atoms with Crippen molar-refractivity contribution in [1.29, 1.82) is 0 Å². The lowest BCUT2D eigenvalue weighted by Gasteiger charge is -2.13. The van der Waals surface area contributed by atoms with E-state index in [1.54, 1.807) is 4.52 Å². The number of H-pyrrole nitrogens is 1. The van der Waals surface area contributed by atoms with Gasteiger partial charge in [0.2, 0.25) is 0 Å². The molecule has 2 aliphatic rings. The molecule has 2 saturated carbocycles. The van der Waals surface area contributed by atoms with Crippen molar-refractivity contribution >= 4 is 11.3 Å². The molecule has 3 atom stereocenters. The van der Waals surface area contributed by atoms with Gasteiger partial charge in [-0.15, -0.1) is 5.10 Å². The van der Waals surface area contributed by atoms with Crippen LogP contribution in [0.4, 0.5) is 0 Å². The van der Waals surface area contributed by atoms with E-state index in [9.17, 15) is 9.59 Å². The number of fused-ring (bicyclic) bond motifs is 3. The van der Waals surface area contributed by atoms with Crippen molar-refractivity contribution in [2.24, 2.45) is 11.8 Å². The second-order valence-corrected chi connectivity index (χ2v) is 7.34. The van der Waals surface area contributed by atoms with E-state index >= 15 is 0 Å². The zero-order chi connectivity index (χ0) is 17.8. The van der Waals surface area contributed by atoms with Crippen molar-refractivity contribution in [2.75, 3.05) is 0 Å². The summed E-state index contributed by atoms with van der Waals surface area (Å²) >= 11 is 0. The second-order valence-electron chi connectivity index (χ2n) is 7.34. The number of ketones is 1. The molecule has 3 aromatic rings. The van der Waals surface area contributed by atoms with Gasteiger partial charge < -0.3 is 4.98 Å². The predicted octanol–water partition coefficient (Wildman–Crippen LogP) is 2.73.